The Morgan fingerprint density at radius 1 is 1.38 bits per heavy atom. The van der Waals surface area contributed by atoms with Crippen LogP contribution in [0.5, 0.6) is 0 Å². The van der Waals surface area contributed by atoms with Crippen molar-refractivity contribution in [3.8, 4) is 0 Å². The third-order valence-corrected chi connectivity index (χ3v) is 2.56. The third-order valence-electron chi connectivity index (χ3n) is 2.56. The van der Waals surface area contributed by atoms with E-state index in [1.807, 2.05) is 6.92 Å². The molecule has 5 heteroatoms. The van der Waals surface area contributed by atoms with Gasteiger partial charge in [-0.2, -0.15) is 0 Å². The number of amides is 2. The number of carboxylic acid groups (broad SMARTS) is 1. The number of nitrogens with zero attached hydrogens (tertiary/aromatic N) is 1. The minimum atomic E-state index is -0.881. The van der Waals surface area contributed by atoms with Crippen LogP contribution in [-0.4, -0.2) is 41.6 Å². The fourth-order valence-corrected chi connectivity index (χ4v) is 1.15. The molecule has 16 heavy (non-hydrogen) atoms. The van der Waals surface area contributed by atoms with Gasteiger partial charge in [-0.1, -0.05) is 20.3 Å². The molecule has 0 saturated carbocycles. The predicted octanol–water partition coefficient (Wildman–Crippen LogP) is 1.54. The van der Waals surface area contributed by atoms with E-state index in [1.54, 1.807) is 0 Å². The van der Waals surface area contributed by atoms with E-state index in [0.29, 0.717) is 19.0 Å². The second-order valence-electron chi connectivity index (χ2n) is 3.92. The molecule has 2 amide bonds. The zero-order chi connectivity index (χ0) is 12.6. The summed E-state index contributed by atoms with van der Waals surface area (Å²) in [5.41, 5.74) is 0. The molecule has 0 fully saturated rings. The first-order valence-corrected chi connectivity index (χ1v) is 5.75. The molecular weight excluding hydrogens is 208 g/mol. The van der Waals surface area contributed by atoms with E-state index in [1.165, 1.54) is 4.90 Å². The first-order valence-electron chi connectivity index (χ1n) is 5.75. The summed E-state index contributed by atoms with van der Waals surface area (Å²) in [5.74, 6) is -0.435. The monoisotopic (exact) mass is 230 g/mol. The van der Waals surface area contributed by atoms with E-state index in [-0.39, 0.29) is 19.0 Å². The lowest BCUT2D eigenvalue weighted by Crippen LogP contribution is -2.42. The van der Waals surface area contributed by atoms with Crippen molar-refractivity contribution in [1.82, 2.24) is 10.2 Å². The second kappa shape index (κ2) is 7.96. The maximum atomic E-state index is 11.6. The van der Waals surface area contributed by atoms with Gasteiger partial charge in [0.15, 0.2) is 0 Å². The number of aliphatic carboxylic acids is 1. The number of nitrogens with one attached hydrogen (secondary N) is 1. The number of carboxylic acids is 1. The van der Waals surface area contributed by atoms with Crippen LogP contribution in [0.15, 0.2) is 0 Å². The van der Waals surface area contributed by atoms with Gasteiger partial charge < -0.3 is 15.3 Å². The van der Waals surface area contributed by atoms with E-state index in [2.05, 4.69) is 19.2 Å². The van der Waals surface area contributed by atoms with Crippen LogP contribution in [-0.2, 0) is 4.79 Å². The summed E-state index contributed by atoms with van der Waals surface area (Å²) in [7, 11) is 0. The van der Waals surface area contributed by atoms with Crippen LogP contribution in [0.2, 0.25) is 0 Å². The molecule has 1 unspecified atom stereocenters. The molecular formula is C11H22N2O3. The standard InChI is InChI=1S/C11H22N2O3/c1-4-9(3)8-12-11(16)13(5-2)7-6-10(14)15/h9H,4-8H2,1-3H3,(H,12,16)(H,14,15). The molecule has 0 rings (SSSR count). The zero-order valence-electron chi connectivity index (χ0n) is 10.3. The van der Waals surface area contributed by atoms with Crippen molar-refractivity contribution in [1.29, 1.82) is 0 Å². The van der Waals surface area contributed by atoms with Gasteiger partial charge in [0.2, 0.25) is 0 Å². The smallest absolute Gasteiger partial charge is 0.317 e. The highest BCUT2D eigenvalue weighted by Gasteiger charge is 2.12. The van der Waals surface area contributed by atoms with Gasteiger partial charge in [-0.3, -0.25) is 4.79 Å². The predicted molar refractivity (Wildman–Crippen MR) is 62.4 cm³/mol. The molecule has 0 heterocycles. The molecule has 0 aliphatic heterocycles. The Morgan fingerprint density at radius 3 is 2.44 bits per heavy atom. The fourth-order valence-electron chi connectivity index (χ4n) is 1.15. The maximum Gasteiger partial charge on any atom is 0.317 e. The Morgan fingerprint density at radius 2 is 2.00 bits per heavy atom. The van der Waals surface area contributed by atoms with Crippen LogP contribution in [0, 0.1) is 5.92 Å². The molecule has 0 saturated heterocycles. The van der Waals surface area contributed by atoms with Gasteiger partial charge in [0.05, 0.1) is 6.42 Å². The number of rotatable bonds is 7. The lowest BCUT2D eigenvalue weighted by Gasteiger charge is -2.21. The molecule has 0 spiro atoms. The summed E-state index contributed by atoms with van der Waals surface area (Å²) in [4.78, 5) is 23.5. The summed E-state index contributed by atoms with van der Waals surface area (Å²) in [5, 5.41) is 11.3. The van der Waals surface area contributed by atoms with E-state index >= 15 is 0 Å². The van der Waals surface area contributed by atoms with Gasteiger partial charge in [0.25, 0.3) is 0 Å². The highest BCUT2D eigenvalue weighted by molar-refractivity contribution is 5.75. The Labute approximate surface area is 96.8 Å². The Balaban J connectivity index is 3.95. The lowest BCUT2D eigenvalue weighted by atomic mass is 10.1. The zero-order valence-corrected chi connectivity index (χ0v) is 10.3. The van der Waals surface area contributed by atoms with Gasteiger partial charge in [0, 0.05) is 19.6 Å². The van der Waals surface area contributed by atoms with Crippen LogP contribution >= 0.6 is 0 Å². The van der Waals surface area contributed by atoms with Crippen molar-refractivity contribution < 1.29 is 14.7 Å². The van der Waals surface area contributed by atoms with Crippen molar-refractivity contribution in [2.75, 3.05) is 19.6 Å². The Hall–Kier alpha value is -1.26. The van der Waals surface area contributed by atoms with E-state index < -0.39 is 5.97 Å². The van der Waals surface area contributed by atoms with Gasteiger partial charge in [-0.15, -0.1) is 0 Å². The molecule has 94 valence electrons. The molecule has 0 aliphatic carbocycles. The molecule has 0 aliphatic rings. The quantitative estimate of drug-likeness (QED) is 0.697. The third kappa shape index (κ3) is 6.27. The number of carbonyl (C=O) groups excluding carboxylic acids is 1. The normalized spacial score (nSPS) is 11.9. The van der Waals surface area contributed by atoms with Crippen molar-refractivity contribution in [3.63, 3.8) is 0 Å². The van der Waals surface area contributed by atoms with Crippen molar-refractivity contribution >= 4 is 12.0 Å². The molecule has 2 N–H and O–H groups in total. The molecule has 1 atom stereocenters. The average molecular weight is 230 g/mol. The molecule has 0 aromatic carbocycles. The van der Waals surface area contributed by atoms with Crippen LogP contribution < -0.4 is 5.32 Å². The molecule has 0 aromatic heterocycles. The summed E-state index contributed by atoms with van der Waals surface area (Å²) in [6.45, 7) is 7.40. The van der Waals surface area contributed by atoms with Crippen molar-refractivity contribution in [2.24, 2.45) is 5.92 Å². The van der Waals surface area contributed by atoms with Crippen LogP contribution in [0.3, 0.4) is 0 Å². The van der Waals surface area contributed by atoms with Crippen LogP contribution in [0.4, 0.5) is 4.79 Å². The SMILES string of the molecule is CCC(C)CNC(=O)N(CC)CCC(=O)O. The average Bonchev–Trinajstić information content (AvgIpc) is 2.26. The highest BCUT2D eigenvalue weighted by Crippen LogP contribution is 1.99. The van der Waals surface area contributed by atoms with Gasteiger partial charge in [-0.05, 0) is 12.8 Å². The van der Waals surface area contributed by atoms with Crippen LogP contribution in [0.1, 0.15) is 33.6 Å². The summed E-state index contributed by atoms with van der Waals surface area (Å²) in [6.07, 6.45) is 1.01. The topological polar surface area (TPSA) is 69.6 Å². The van der Waals surface area contributed by atoms with Gasteiger partial charge in [-0.25, -0.2) is 4.79 Å². The van der Waals surface area contributed by atoms with E-state index in [9.17, 15) is 9.59 Å². The fraction of sp³-hybridized carbons (Fsp3) is 0.818. The first-order chi connectivity index (χ1) is 7.51. The molecule has 0 bridgehead atoms. The summed E-state index contributed by atoms with van der Waals surface area (Å²) in [6, 6.07) is -0.177. The number of urea groups is 1. The first kappa shape index (κ1) is 14.7. The van der Waals surface area contributed by atoms with Gasteiger partial charge in [0.1, 0.15) is 0 Å². The highest BCUT2D eigenvalue weighted by atomic mass is 16.4. The number of hydrogen-bond acceptors (Lipinski definition) is 2. The lowest BCUT2D eigenvalue weighted by molar-refractivity contribution is -0.137. The molecule has 5 nitrogen and oxygen atoms in total. The van der Waals surface area contributed by atoms with Crippen molar-refractivity contribution in [2.45, 2.75) is 33.6 Å². The molecule has 0 radical (unpaired) electrons. The second-order valence-corrected chi connectivity index (χ2v) is 3.92. The number of hydrogen-bond donors (Lipinski definition) is 2. The van der Waals surface area contributed by atoms with E-state index in [4.69, 9.17) is 5.11 Å². The minimum Gasteiger partial charge on any atom is -0.481 e. The minimum absolute atomic E-state index is 0.00933. The van der Waals surface area contributed by atoms with E-state index in [0.717, 1.165) is 6.42 Å². The molecule has 0 aromatic rings. The Kier molecular flexibility index (Phi) is 7.33. The number of carbonyl (C=O) groups is 2. The largest absolute Gasteiger partial charge is 0.481 e. The summed E-state index contributed by atoms with van der Waals surface area (Å²) < 4.78 is 0. The van der Waals surface area contributed by atoms with Gasteiger partial charge >= 0.3 is 12.0 Å². The van der Waals surface area contributed by atoms with Crippen molar-refractivity contribution in [3.05, 3.63) is 0 Å². The summed E-state index contributed by atoms with van der Waals surface area (Å²) >= 11 is 0. The van der Waals surface area contributed by atoms with Crippen LogP contribution in [0.25, 0.3) is 0 Å². The maximum absolute atomic E-state index is 11.6. The Bertz CT molecular complexity index is 231.